The molecule has 1 heterocycles. The Morgan fingerprint density at radius 2 is 1.87 bits per heavy atom. The van der Waals surface area contributed by atoms with Gasteiger partial charge in [-0.25, -0.2) is 9.78 Å². The summed E-state index contributed by atoms with van der Waals surface area (Å²) in [5, 5.41) is 10.8. The maximum Gasteiger partial charge on any atom is 0.319 e. The molecule has 0 aliphatic heterocycles. The first-order chi connectivity index (χ1) is 10.8. The summed E-state index contributed by atoms with van der Waals surface area (Å²) in [6.45, 7) is 5.58. The molecule has 0 unspecified atom stereocenters. The molecule has 2 rings (SSSR count). The molecule has 3 N–H and O–H groups in total. The molecule has 2 aromatic rings. The lowest BCUT2D eigenvalue weighted by atomic mass is 10.1. The minimum Gasteiger partial charge on any atom is -0.350 e. The van der Waals surface area contributed by atoms with Gasteiger partial charge in [-0.1, -0.05) is 0 Å². The van der Waals surface area contributed by atoms with E-state index in [0.717, 1.165) is 10.6 Å². The number of nitrogens with one attached hydrogen (secondary N) is 3. The lowest BCUT2D eigenvalue weighted by molar-refractivity contribution is -0.121. The third kappa shape index (κ3) is 5.71. The number of nitrogens with zero attached hydrogens (tertiary/aromatic N) is 1. The number of anilines is 1. The third-order valence-corrected chi connectivity index (χ3v) is 3.57. The third-order valence-electron chi connectivity index (χ3n) is 2.75. The molecule has 0 radical (unpaired) electrons. The SMILES string of the molecule is CC(C)(C)NC(=O)CNC(=O)Nc1ccc(-c2nccs2)cc1. The van der Waals surface area contributed by atoms with Crippen LogP contribution in [0, 0.1) is 0 Å². The first-order valence-electron chi connectivity index (χ1n) is 7.19. The van der Waals surface area contributed by atoms with Crippen molar-refractivity contribution >= 4 is 29.0 Å². The van der Waals surface area contributed by atoms with E-state index in [0.29, 0.717) is 5.69 Å². The zero-order chi connectivity index (χ0) is 16.9. The second kappa shape index (κ2) is 7.23. The number of aromatic nitrogens is 1. The van der Waals surface area contributed by atoms with Crippen molar-refractivity contribution in [1.82, 2.24) is 15.6 Å². The van der Waals surface area contributed by atoms with Crippen molar-refractivity contribution in [3.05, 3.63) is 35.8 Å². The van der Waals surface area contributed by atoms with E-state index in [-0.39, 0.29) is 18.0 Å². The molecule has 0 bridgehead atoms. The molecule has 3 amide bonds. The van der Waals surface area contributed by atoms with E-state index >= 15 is 0 Å². The van der Waals surface area contributed by atoms with Crippen LogP contribution in [0.5, 0.6) is 0 Å². The highest BCUT2D eigenvalue weighted by molar-refractivity contribution is 7.13. The number of hydrogen-bond acceptors (Lipinski definition) is 4. The molecule has 23 heavy (non-hydrogen) atoms. The number of thiazole rings is 1. The molecule has 0 aliphatic rings. The molecule has 0 saturated heterocycles. The average molecular weight is 332 g/mol. The van der Waals surface area contributed by atoms with Crippen molar-refractivity contribution in [2.45, 2.75) is 26.3 Å². The van der Waals surface area contributed by atoms with E-state index in [1.54, 1.807) is 29.7 Å². The van der Waals surface area contributed by atoms with E-state index in [9.17, 15) is 9.59 Å². The van der Waals surface area contributed by atoms with Gasteiger partial charge in [-0.3, -0.25) is 4.79 Å². The van der Waals surface area contributed by atoms with Crippen molar-refractivity contribution < 1.29 is 9.59 Å². The number of carbonyl (C=O) groups is 2. The van der Waals surface area contributed by atoms with Gasteiger partial charge >= 0.3 is 6.03 Å². The average Bonchev–Trinajstić information content (AvgIpc) is 2.98. The normalized spacial score (nSPS) is 10.9. The lowest BCUT2D eigenvalue weighted by Gasteiger charge is -2.20. The van der Waals surface area contributed by atoms with Crippen LogP contribution < -0.4 is 16.0 Å². The maximum absolute atomic E-state index is 11.8. The van der Waals surface area contributed by atoms with E-state index < -0.39 is 6.03 Å². The number of urea groups is 1. The zero-order valence-corrected chi connectivity index (χ0v) is 14.2. The Balaban J connectivity index is 1.82. The topological polar surface area (TPSA) is 83.1 Å². The van der Waals surface area contributed by atoms with Crippen molar-refractivity contribution in [3.8, 4) is 10.6 Å². The number of rotatable bonds is 4. The molecule has 6 nitrogen and oxygen atoms in total. The summed E-state index contributed by atoms with van der Waals surface area (Å²) in [5.74, 6) is -0.230. The van der Waals surface area contributed by atoms with Crippen LogP contribution in [-0.4, -0.2) is 29.0 Å². The Hall–Kier alpha value is -2.41. The van der Waals surface area contributed by atoms with Crippen LogP contribution in [0.1, 0.15) is 20.8 Å². The quantitative estimate of drug-likeness (QED) is 0.805. The van der Waals surface area contributed by atoms with Crippen molar-refractivity contribution in [2.75, 3.05) is 11.9 Å². The van der Waals surface area contributed by atoms with Crippen LogP contribution in [0.15, 0.2) is 35.8 Å². The molecule has 122 valence electrons. The van der Waals surface area contributed by atoms with Crippen LogP contribution in [0.4, 0.5) is 10.5 Å². The molecule has 0 fully saturated rings. The molecule has 0 aliphatic carbocycles. The minimum atomic E-state index is -0.420. The van der Waals surface area contributed by atoms with Gasteiger partial charge in [0.15, 0.2) is 0 Å². The zero-order valence-electron chi connectivity index (χ0n) is 13.3. The second-order valence-corrected chi connectivity index (χ2v) is 6.92. The minimum absolute atomic E-state index is 0.0691. The monoisotopic (exact) mass is 332 g/mol. The Morgan fingerprint density at radius 1 is 1.17 bits per heavy atom. The molecule has 1 aromatic carbocycles. The van der Waals surface area contributed by atoms with Crippen LogP contribution in [-0.2, 0) is 4.79 Å². The lowest BCUT2D eigenvalue weighted by Crippen LogP contribution is -2.46. The number of benzene rings is 1. The summed E-state index contributed by atoms with van der Waals surface area (Å²) in [6, 6.07) is 6.95. The van der Waals surface area contributed by atoms with Gasteiger partial charge in [0.1, 0.15) is 5.01 Å². The Labute approximate surface area is 139 Å². The van der Waals surface area contributed by atoms with Crippen molar-refractivity contribution in [3.63, 3.8) is 0 Å². The van der Waals surface area contributed by atoms with Gasteiger partial charge in [-0.05, 0) is 45.0 Å². The summed E-state index contributed by atoms with van der Waals surface area (Å²) >= 11 is 1.56. The van der Waals surface area contributed by atoms with Gasteiger partial charge < -0.3 is 16.0 Å². The maximum atomic E-state index is 11.8. The molecule has 0 spiro atoms. The van der Waals surface area contributed by atoms with Crippen molar-refractivity contribution in [1.29, 1.82) is 0 Å². The van der Waals surface area contributed by atoms with Gasteiger partial charge in [0.25, 0.3) is 0 Å². The Kier molecular flexibility index (Phi) is 5.33. The molecule has 0 atom stereocenters. The Bertz CT molecular complexity index is 660. The fraction of sp³-hybridized carbons (Fsp3) is 0.312. The standard InChI is InChI=1S/C16H20N4O2S/c1-16(2,3)20-13(21)10-18-15(22)19-12-6-4-11(5-7-12)14-17-8-9-23-14/h4-9H,10H2,1-3H3,(H,20,21)(H2,18,19,22). The van der Waals surface area contributed by atoms with E-state index in [1.807, 2.05) is 38.3 Å². The first kappa shape index (κ1) is 17.0. The number of amides is 3. The summed E-state index contributed by atoms with van der Waals surface area (Å²) < 4.78 is 0. The summed E-state index contributed by atoms with van der Waals surface area (Å²) in [4.78, 5) is 27.6. The van der Waals surface area contributed by atoms with E-state index in [2.05, 4.69) is 20.9 Å². The summed E-state index contributed by atoms with van der Waals surface area (Å²) in [5.41, 5.74) is 1.33. The predicted octanol–water partition coefficient (Wildman–Crippen LogP) is 2.85. The molecule has 1 aromatic heterocycles. The second-order valence-electron chi connectivity index (χ2n) is 6.02. The van der Waals surface area contributed by atoms with Crippen LogP contribution in [0.2, 0.25) is 0 Å². The van der Waals surface area contributed by atoms with E-state index in [1.165, 1.54) is 0 Å². The van der Waals surface area contributed by atoms with Crippen LogP contribution in [0.25, 0.3) is 10.6 Å². The largest absolute Gasteiger partial charge is 0.350 e. The van der Waals surface area contributed by atoms with Gasteiger partial charge in [-0.15, -0.1) is 11.3 Å². The summed E-state index contributed by atoms with van der Waals surface area (Å²) in [7, 11) is 0. The molecule has 0 saturated carbocycles. The van der Waals surface area contributed by atoms with Gasteiger partial charge in [0, 0.05) is 28.4 Å². The van der Waals surface area contributed by atoms with Crippen molar-refractivity contribution in [2.24, 2.45) is 0 Å². The highest BCUT2D eigenvalue weighted by Crippen LogP contribution is 2.23. The molecular weight excluding hydrogens is 312 g/mol. The Morgan fingerprint density at radius 3 is 2.43 bits per heavy atom. The highest BCUT2D eigenvalue weighted by Gasteiger charge is 2.14. The smallest absolute Gasteiger partial charge is 0.319 e. The van der Waals surface area contributed by atoms with E-state index in [4.69, 9.17) is 0 Å². The highest BCUT2D eigenvalue weighted by atomic mass is 32.1. The predicted molar refractivity (Wildman–Crippen MR) is 92.5 cm³/mol. The molecule has 7 heteroatoms. The van der Waals surface area contributed by atoms with Gasteiger partial charge in [0.05, 0.1) is 6.54 Å². The number of carbonyl (C=O) groups excluding carboxylic acids is 2. The molecular formula is C16H20N4O2S. The summed E-state index contributed by atoms with van der Waals surface area (Å²) in [6.07, 6.45) is 1.75. The fourth-order valence-corrected chi connectivity index (χ4v) is 2.50. The number of hydrogen-bond donors (Lipinski definition) is 3. The van der Waals surface area contributed by atoms with Crippen LogP contribution in [0.3, 0.4) is 0 Å². The first-order valence-corrected chi connectivity index (χ1v) is 8.07. The van der Waals surface area contributed by atoms with Gasteiger partial charge in [0.2, 0.25) is 5.91 Å². The fourth-order valence-electron chi connectivity index (χ4n) is 1.86. The van der Waals surface area contributed by atoms with Gasteiger partial charge in [-0.2, -0.15) is 0 Å². The van der Waals surface area contributed by atoms with Crippen LogP contribution >= 0.6 is 11.3 Å².